The summed E-state index contributed by atoms with van der Waals surface area (Å²) in [5, 5.41) is 2.77. The van der Waals surface area contributed by atoms with Crippen molar-refractivity contribution in [2.75, 3.05) is 6.54 Å². The molecule has 0 aliphatic carbocycles. The van der Waals surface area contributed by atoms with Gasteiger partial charge in [0.2, 0.25) is 10.0 Å². The molecule has 0 amide bonds. The molecule has 2 aromatic carbocycles. The van der Waals surface area contributed by atoms with Gasteiger partial charge in [-0.1, -0.05) is 24.3 Å². The molecule has 6 heteroatoms. The quantitative estimate of drug-likeness (QED) is 0.643. The van der Waals surface area contributed by atoms with Crippen LogP contribution in [0.3, 0.4) is 0 Å². The Morgan fingerprint density at radius 2 is 1.76 bits per heavy atom. The van der Waals surface area contributed by atoms with Crippen LogP contribution in [-0.4, -0.2) is 19.3 Å². The zero-order chi connectivity index (χ0) is 15.0. The Morgan fingerprint density at radius 3 is 2.38 bits per heavy atom. The van der Waals surface area contributed by atoms with E-state index < -0.39 is 10.0 Å². The monoisotopic (exact) mass is 302 g/mol. The molecule has 0 N–H and O–H groups in total. The van der Waals surface area contributed by atoms with Crippen LogP contribution in [0.25, 0.3) is 0 Å². The molecule has 2 atom stereocenters. The van der Waals surface area contributed by atoms with E-state index in [0.29, 0.717) is 6.54 Å². The van der Waals surface area contributed by atoms with Gasteiger partial charge in [0.05, 0.1) is 10.9 Å². The second-order valence-electron chi connectivity index (χ2n) is 5.03. The first-order chi connectivity index (χ1) is 10.0. The van der Waals surface area contributed by atoms with Crippen LogP contribution < -0.4 is 0 Å². The van der Waals surface area contributed by atoms with Gasteiger partial charge in [-0.25, -0.2) is 8.42 Å². The SMILES string of the molecule is Cc1ccccc1C1CN1S(=O)(=O)c1ccc(N=O)cc1. The molecule has 0 aromatic heterocycles. The van der Waals surface area contributed by atoms with Crippen LogP contribution in [-0.2, 0) is 10.0 Å². The minimum atomic E-state index is -3.52. The van der Waals surface area contributed by atoms with Gasteiger partial charge in [-0.2, -0.15) is 4.31 Å². The smallest absolute Gasteiger partial charge is 0.207 e. The molecular weight excluding hydrogens is 288 g/mol. The normalized spacial score (nSPS) is 21.0. The van der Waals surface area contributed by atoms with E-state index in [-0.39, 0.29) is 16.6 Å². The number of nitroso groups, excluding NO2 is 1. The van der Waals surface area contributed by atoms with E-state index in [4.69, 9.17) is 0 Å². The van der Waals surface area contributed by atoms with Gasteiger partial charge in [0.1, 0.15) is 5.69 Å². The number of aryl methyl sites for hydroxylation is 1. The van der Waals surface area contributed by atoms with Gasteiger partial charge in [0.15, 0.2) is 0 Å². The fraction of sp³-hybridized carbons (Fsp3) is 0.200. The zero-order valence-corrected chi connectivity index (χ0v) is 12.2. The maximum Gasteiger partial charge on any atom is 0.243 e. The van der Waals surface area contributed by atoms with Crippen LogP contribution in [0, 0.1) is 11.8 Å². The molecule has 1 aliphatic rings. The number of benzene rings is 2. The van der Waals surface area contributed by atoms with Crippen LogP contribution in [0.15, 0.2) is 58.6 Å². The van der Waals surface area contributed by atoms with Crippen LogP contribution in [0.2, 0.25) is 0 Å². The van der Waals surface area contributed by atoms with E-state index in [0.717, 1.165) is 11.1 Å². The van der Waals surface area contributed by atoms with E-state index in [1.54, 1.807) is 0 Å². The van der Waals surface area contributed by atoms with E-state index in [1.807, 2.05) is 31.2 Å². The topological polar surface area (TPSA) is 66.6 Å². The summed E-state index contributed by atoms with van der Waals surface area (Å²) >= 11 is 0. The van der Waals surface area contributed by atoms with E-state index in [9.17, 15) is 13.3 Å². The average molecular weight is 302 g/mol. The highest BCUT2D eigenvalue weighted by molar-refractivity contribution is 7.89. The Hall–Kier alpha value is -2.05. The molecule has 0 bridgehead atoms. The minimum absolute atomic E-state index is 0.0972. The first kappa shape index (κ1) is 13.9. The van der Waals surface area contributed by atoms with Crippen LogP contribution in [0.1, 0.15) is 17.2 Å². The molecule has 3 rings (SSSR count). The molecule has 2 aromatic rings. The summed E-state index contributed by atoms with van der Waals surface area (Å²) in [5.74, 6) is 0. The van der Waals surface area contributed by atoms with Gasteiger partial charge >= 0.3 is 0 Å². The number of sulfonamides is 1. The number of rotatable bonds is 4. The van der Waals surface area contributed by atoms with Crippen molar-refractivity contribution in [3.05, 3.63) is 64.6 Å². The van der Waals surface area contributed by atoms with Crippen molar-refractivity contribution in [2.45, 2.75) is 17.9 Å². The van der Waals surface area contributed by atoms with E-state index >= 15 is 0 Å². The third kappa shape index (κ3) is 2.48. The first-order valence-corrected chi connectivity index (χ1v) is 7.99. The molecule has 0 saturated carbocycles. The Bertz CT molecular complexity index is 785. The van der Waals surface area contributed by atoms with E-state index in [2.05, 4.69) is 5.18 Å². The van der Waals surface area contributed by atoms with Crippen LogP contribution >= 0.6 is 0 Å². The minimum Gasteiger partial charge on any atom is -0.207 e. The van der Waals surface area contributed by atoms with Gasteiger partial charge in [-0.3, -0.25) is 0 Å². The molecule has 0 radical (unpaired) electrons. The predicted molar refractivity (Wildman–Crippen MR) is 79.7 cm³/mol. The van der Waals surface area contributed by atoms with Crippen LogP contribution in [0.4, 0.5) is 5.69 Å². The second-order valence-corrected chi connectivity index (χ2v) is 6.92. The Morgan fingerprint density at radius 1 is 1.10 bits per heavy atom. The Balaban J connectivity index is 1.87. The van der Waals surface area contributed by atoms with Gasteiger partial charge in [0.25, 0.3) is 0 Å². The van der Waals surface area contributed by atoms with Crippen LogP contribution in [0.5, 0.6) is 0 Å². The third-order valence-electron chi connectivity index (χ3n) is 3.66. The molecule has 0 spiro atoms. The zero-order valence-electron chi connectivity index (χ0n) is 11.4. The largest absolute Gasteiger partial charge is 0.243 e. The summed E-state index contributed by atoms with van der Waals surface area (Å²) in [7, 11) is -3.52. The van der Waals surface area contributed by atoms with Gasteiger partial charge in [-0.05, 0) is 47.5 Å². The molecular formula is C15H14N2O3S. The van der Waals surface area contributed by atoms with Crippen molar-refractivity contribution in [1.82, 2.24) is 4.31 Å². The lowest BCUT2D eigenvalue weighted by atomic mass is 10.1. The lowest BCUT2D eigenvalue weighted by Gasteiger charge is -2.08. The van der Waals surface area contributed by atoms with Gasteiger partial charge < -0.3 is 0 Å². The predicted octanol–water partition coefficient (Wildman–Crippen LogP) is 3.14. The molecule has 1 fully saturated rings. The van der Waals surface area contributed by atoms with Crippen molar-refractivity contribution in [2.24, 2.45) is 5.18 Å². The first-order valence-electron chi connectivity index (χ1n) is 6.55. The van der Waals surface area contributed by atoms with E-state index in [1.165, 1.54) is 28.6 Å². The molecule has 2 unspecified atom stereocenters. The molecule has 21 heavy (non-hydrogen) atoms. The lowest BCUT2D eigenvalue weighted by molar-refractivity contribution is 0.554. The van der Waals surface area contributed by atoms with Gasteiger partial charge in [0, 0.05) is 6.54 Å². The summed E-state index contributed by atoms with van der Waals surface area (Å²) in [6.45, 7) is 2.46. The fourth-order valence-corrected chi connectivity index (χ4v) is 3.95. The molecule has 5 nitrogen and oxygen atoms in total. The molecule has 108 valence electrons. The number of hydrogen-bond donors (Lipinski definition) is 0. The maximum absolute atomic E-state index is 12.5. The summed E-state index contributed by atoms with van der Waals surface area (Å²) in [6.07, 6.45) is 0. The number of hydrogen-bond acceptors (Lipinski definition) is 4. The highest BCUT2D eigenvalue weighted by Crippen LogP contribution is 2.41. The standard InChI is InChI=1S/C15H14N2O3S/c1-11-4-2-3-5-14(11)15-10-17(15)21(19,20)13-8-6-12(16-18)7-9-13/h2-9,15H,10H2,1H3. The Kier molecular flexibility index (Phi) is 3.35. The second kappa shape index (κ2) is 5.05. The third-order valence-corrected chi connectivity index (χ3v) is 5.55. The molecule has 1 heterocycles. The Labute approximate surface area is 123 Å². The van der Waals surface area contributed by atoms with Crippen molar-refractivity contribution in [3.8, 4) is 0 Å². The summed E-state index contributed by atoms with van der Waals surface area (Å²) in [4.78, 5) is 10.6. The number of nitrogens with zero attached hydrogens (tertiary/aromatic N) is 2. The highest BCUT2D eigenvalue weighted by Gasteiger charge is 2.45. The van der Waals surface area contributed by atoms with Crippen molar-refractivity contribution in [1.29, 1.82) is 0 Å². The fourth-order valence-electron chi connectivity index (χ4n) is 2.42. The highest BCUT2D eigenvalue weighted by atomic mass is 32.2. The molecule has 1 aliphatic heterocycles. The summed E-state index contributed by atoms with van der Waals surface area (Å²) in [6, 6.07) is 13.3. The average Bonchev–Trinajstić information content (AvgIpc) is 3.29. The van der Waals surface area contributed by atoms with Crippen molar-refractivity contribution < 1.29 is 8.42 Å². The molecule has 1 saturated heterocycles. The van der Waals surface area contributed by atoms with Crippen molar-refractivity contribution >= 4 is 15.7 Å². The van der Waals surface area contributed by atoms with Gasteiger partial charge in [-0.15, -0.1) is 4.91 Å². The summed E-state index contributed by atoms with van der Waals surface area (Å²) in [5.41, 5.74) is 2.34. The van der Waals surface area contributed by atoms with Crippen molar-refractivity contribution in [3.63, 3.8) is 0 Å². The summed E-state index contributed by atoms with van der Waals surface area (Å²) < 4.78 is 26.5. The lowest BCUT2D eigenvalue weighted by Crippen LogP contribution is -2.12. The maximum atomic E-state index is 12.5.